The number of benzene rings is 1. The Hall–Kier alpha value is -1.81. The highest BCUT2D eigenvalue weighted by Crippen LogP contribution is 2.17. The monoisotopic (exact) mass is 284 g/mol. The number of nitrogens with zero attached hydrogens (tertiary/aromatic N) is 3. The van der Waals surface area contributed by atoms with Gasteiger partial charge in [-0.15, -0.1) is 0 Å². The quantitative estimate of drug-likeness (QED) is 0.764. The van der Waals surface area contributed by atoms with Crippen molar-refractivity contribution in [3.63, 3.8) is 0 Å². The first-order valence-electron chi connectivity index (χ1n) is 7.71. The molecule has 1 radical (unpaired) electrons. The van der Waals surface area contributed by atoms with Crippen LogP contribution < -0.4 is 4.74 Å². The zero-order chi connectivity index (χ0) is 14.5. The minimum absolute atomic E-state index is 0.746. The molecule has 0 aliphatic carbocycles. The van der Waals surface area contributed by atoms with E-state index in [-0.39, 0.29) is 0 Å². The lowest BCUT2D eigenvalue weighted by Crippen LogP contribution is -2.28. The van der Waals surface area contributed by atoms with Crippen LogP contribution >= 0.6 is 0 Å². The molecule has 1 aliphatic rings. The molecule has 0 saturated carbocycles. The van der Waals surface area contributed by atoms with Crippen LogP contribution in [-0.2, 0) is 0 Å². The number of rotatable bonds is 6. The first-order valence-corrected chi connectivity index (χ1v) is 7.71. The molecule has 0 N–H and O–H groups in total. The summed E-state index contributed by atoms with van der Waals surface area (Å²) in [6.45, 7) is 5.48. The maximum Gasteiger partial charge on any atom is 0.119 e. The Labute approximate surface area is 126 Å². The van der Waals surface area contributed by atoms with Crippen LogP contribution in [0.15, 0.2) is 36.7 Å². The van der Waals surface area contributed by atoms with Crippen LogP contribution in [0.1, 0.15) is 26.2 Å². The highest BCUT2D eigenvalue weighted by molar-refractivity contribution is 5.36. The van der Waals surface area contributed by atoms with E-state index in [2.05, 4.69) is 23.0 Å². The second-order valence-corrected chi connectivity index (χ2v) is 5.61. The van der Waals surface area contributed by atoms with E-state index in [9.17, 15) is 0 Å². The third kappa shape index (κ3) is 3.64. The summed E-state index contributed by atoms with van der Waals surface area (Å²) in [6.07, 6.45) is 7.23. The van der Waals surface area contributed by atoms with E-state index in [1.165, 1.54) is 19.4 Å². The van der Waals surface area contributed by atoms with Crippen LogP contribution in [0.2, 0.25) is 0 Å². The Morgan fingerprint density at radius 1 is 1.33 bits per heavy atom. The Kier molecular flexibility index (Phi) is 4.55. The second-order valence-electron chi connectivity index (χ2n) is 5.61. The molecule has 2 aromatic rings. The minimum atomic E-state index is 0.746. The summed E-state index contributed by atoms with van der Waals surface area (Å²) in [5.74, 6) is 0.921. The predicted octanol–water partition coefficient (Wildman–Crippen LogP) is 2.93. The molecular weight excluding hydrogens is 262 g/mol. The van der Waals surface area contributed by atoms with Gasteiger partial charge in [-0.3, -0.25) is 0 Å². The molecule has 1 unspecified atom stereocenters. The standard InChI is InChI=1S/C17H22N3O/c1-15-5-2-11-19(15)12-4-14-21-17-8-6-16(7-9-17)20-13-3-10-18-20/h6-10,13,15H,2,4-5,11-12,14H2,1H3. The first kappa shape index (κ1) is 14.1. The second kappa shape index (κ2) is 6.76. The van der Waals surface area contributed by atoms with Crippen molar-refractivity contribution in [3.8, 4) is 11.4 Å². The van der Waals surface area contributed by atoms with Crippen molar-refractivity contribution in [3.05, 3.63) is 42.7 Å². The molecule has 0 spiro atoms. The molecule has 3 rings (SSSR count). The zero-order valence-electron chi connectivity index (χ0n) is 12.5. The summed E-state index contributed by atoms with van der Waals surface area (Å²) in [5, 5.41) is 4.16. The lowest BCUT2D eigenvalue weighted by atomic mass is 10.2. The number of aromatic nitrogens is 2. The topological polar surface area (TPSA) is 30.3 Å². The van der Waals surface area contributed by atoms with Gasteiger partial charge >= 0.3 is 0 Å². The summed E-state index contributed by atoms with van der Waals surface area (Å²) in [4.78, 5) is 2.56. The average molecular weight is 284 g/mol. The fourth-order valence-corrected chi connectivity index (χ4v) is 2.85. The van der Waals surface area contributed by atoms with Crippen molar-refractivity contribution >= 4 is 0 Å². The van der Waals surface area contributed by atoms with Gasteiger partial charge in [0, 0.05) is 24.8 Å². The fraction of sp³-hybridized carbons (Fsp3) is 0.471. The van der Waals surface area contributed by atoms with Gasteiger partial charge in [0.25, 0.3) is 0 Å². The number of hydrogen-bond acceptors (Lipinski definition) is 3. The highest BCUT2D eigenvalue weighted by Gasteiger charge is 2.18. The van der Waals surface area contributed by atoms with E-state index in [4.69, 9.17) is 4.74 Å². The predicted molar refractivity (Wildman–Crippen MR) is 82.8 cm³/mol. The van der Waals surface area contributed by atoms with E-state index in [1.807, 2.05) is 30.5 Å². The number of hydrogen-bond donors (Lipinski definition) is 0. The molecule has 4 nitrogen and oxygen atoms in total. The molecule has 2 heterocycles. The van der Waals surface area contributed by atoms with Crippen LogP contribution in [0.3, 0.4) is 0 Å². The summed E-state index contributed by atoms with van der Waals surface area (Å²) in [5.41, 5.74) is 1.02. The van der Waals surface area contributed by atoms with Crippen LogP contribution in [0.4, 0.5) is 0 Å². The van der Waals surface area contributed by atoms with Gasteiger partial charge in [-0.1, -0.05) is 0 Å². The smallest absolute Gasteiger partial charge is 0.119 e. The third-order valence-electron chi connectivity index (χ3n) is 4.10. The molecule has 0 bridgehead atoms. The van der Waals surface area contributed by atoms with Crippen molar-refractivity contribution < 1.29 is 4.74 Å². The van der Waals surface area contributed by atoms with Crippen molar-refractivity contribution in [2.45, 2.75) is 32.2 Å². The van der Waals surface area contributed by atoms with E-state index in [0.29, 0.717) is 0 Å². The SMILES string of the molecule is CC1CCCN1CCCOc1ccc(-n2c[c]cn2)cc1. The maximum atomic E-state index is 5.81. The highest BCUT2D eigenvalue weighted by atomic mass is 16.5. The summed E-state index contributed by atoms with van der Waals surface area (Å²) < 4.78 is 7.60. The van der Waals surface area contributed by atoms with Gasteiger partial charge in [0.2, 0.25) is 0 Å². The van der Waals surface area contributed by atoms with Crippen LogP contribution in [-0.4, -0.2) is 40.4 Å². The van der Waals surface area contributed by atoms with Gasteiger partial charge in [0.1, 0.15) is 5.75 Å². The van der Waals surface area contributed by atoms with Crippen LogP contribution in [0.25, 0.3) is 5.69 Å². The average Bonchev–Trinajstić information content (AvgIpc) is 3.16. The Bertz CT molecular complexity index is 536. The van der Waals surface area contributed by atoms with E-state index in [0.717, 1.165) is 37.1 Å². The van der Waals surface area contributed by atoms with Crippen molar-refractivity contribution in [1.29, 1.82) is 0 Å². The molecule has 4 heteroatoms. The maximum absolute atomic E-state index is 5.81. The van der Waals surface area contributed by atoms with Crippen molar-refractivity contribution in [2.24, 2.45) is 0 Å². The third-order valence-corrected chi connectivity index (χ3v) is 4.10. The molecule has 0 amide bonds. The Morgan fingerprint density at radius 3 is 2.86 bits per heavy atom. The largest absolute Gasteiger partial charge is 0.494 e. The van der Waals surface area contributed by atoms with E-state index < -0.39 is 0 Å². The van der Waals surface area contributed by atoms with Crippen LogP contribution in [0.5, 0.6) is 5.75 Å². The molecule has 1 fully saturated rings. The first-order chi connectivity index (χ1) is 10.3. The van der Waals surface area contributed by atoms with E-state index in [1.54, 1.807) is 10.9 Å². The van der Waals surface area contributed by atoms with Crippen molar-refractivity contribution in [1.82, 2.24) is 14.7 Å². The van der Waals surface area contributed by atoms with Gasteiger partial charge in [-0.25, -0.2) is 4.68 Å². The minimum Gasteiger partial charge on any atom is -0.494 e. The van der Waals surface area contributed by atoms with Crippen LogP contribution in [0, 0.1) is 6.07 Å². The van der Waals surface area contributed by atoms with E-state index >= 15 is 0 Å². The molecule has 21 heavy (non-hydrogen) atoms. The van der Waals surface area contributed by atoms with Gasteiger partial charge in [-0.05, 0) is 57.0 Å². The lowest BCUT2D eigenvalue weighted by molar-refractivity contribution is 0.230. The summed E-state index contributed by atoms with van der Waals surface area (Å²) in [7, 11) is 0. The molecule has 1 saturated heterocycles. The van der Waals surface area contributed by atoms with Gasteiger partial charge in [-0.2, -0.15) is 5.10 Å². The summed E-state index contributed by atoms with van der Waals surface area (Å²) >= 11 is 0. The normalized spacial score (nSPS) is 19.0. The Balaban J connectivity index is 1.43. The van der Waals surface area contributed by atoms with Gasteiger partial charge in [0.05, 0.1) is 18.5 Å². The Morgan fingerprint density at radius 2 is 2.19 bits per heavy atom. The number of likely N-dealkylation sites (tertiary alicyclic amines) is 1. The molecule has 1 atom stereocenters. The lowest BCUT2D eigenvalue weighted by Gasteiger charge is -2.20. The molecule has 1 aromatic heterocycles. The van der Waals surface area contributed by atoms with Gasteiger partial charge < -0.3 is 9.64 Å². The molecule has 111 valence electrons. The summed E-state index contributed by atoms with van der Waals surface area (Å²) in [6, 6.07) is 11.7. The number of ether oxygens (including phenoxy) is 1. The molecule has 1 aliphatic heterocycles. The van der Waals surface area contributed by atoms with Gasteiger partial charge in [0.15, 0.2) is 0 Å². The zero-order valence-corrected chi connectivity index (χ0v) is 12.5. The molecular formula is C17H22N3O. The van der Waals surface area contributed by atoms with Crippen molar-refractivity contribution in [2.75, 3.05) is 19.7 Å². The molecule has 1 aromatic carbocycles. The fourth-order valence-electron chi connectivity index (χ4n) is 2.85.